The first-order valence-corrected chi connectivity index (χ1v) is 6.93. The molecule has 0 saturated carbocycles. The van der Waals surface area contributed by atoms with Crippen LogP contribution in [-0.4, -0.2) is 36.4 Å². The summed E-state index contributed by atoms with van der Waals surface area (Å²) in [6, 6.07) is 12.1. The summed E-state index contributed by atoms with van der Waals surface area (Å²) in [6.45, 7) is 0.823. The van der Waals surface area contributed by atoms with Crippen LogP contribution >= 0.6 is 0 Å². The van der Waals surface area contributed by atoms with Crippen molar-refractivity contribution in [2.24, 2.45) is 0 Å². The van der Waals surface area contributed by atoms with Gasteiger partial charge < -0.3 is 15.5 Å². The molecule has 2 aromatic rings. The van der Waals surface area contributed by atoms with E-state index in [0.717, 1.165) is 11.3 Å². The lowest BCUT2D eigenvalue weighted by molar-refractivity contribution is -0.116. The van der Waals surface area contributed by atoms with Crippen molar-refractivity contribution in [1.82, 2.24) is 9.88 Å². The molecule has 0 bridgehead atoms. The minimum absolute atomic E-state index is 0.0677. The van der Waals surface area contributed by atoms with E-state index in [0.29, 0.717) is 18.9 Å². The lowest BCUT2D eigenvalue weighted by Gasteiger charge is -2.11. The van der Waals surface area contributed by atoms with Gasteiger partial charge in [-0.25, -0.2) is 4.98 Å². The molecule has 1 aromatic carbocycles. The molecular formula is C16H19FN4O. The van der Waals surface area contributed by atoms with E-state index in [1.807, 2.05) is 38.4 Å². The zero-order chi connectivity index (χ0) is 15.9. The molecular weight excluding hydrogens is 283 g/mol. The van der Waals surface area contributed by atoms with Crippen LogP contribution in [0.3, 0.4) is 0 Å². The quantitative estimate of drug-likeness (QED) is 0.804. The summed E-state index contributed by atoms with van der Waals surface area (Å²) in [7, 11) is 3.68. The molecule has 2 N–H and O–H groups in total. The number of likely N-dealkylation sites (N-methyl/N-ethyl adjacent to an activating group) is 1. The van der Waals surface area contributed by atoms with Gasteiger partial charge in [0.05, 0.1) is 6.54 Å². The van der Waals surface area contributed by atoms with Crippen molar-refractivity contribution in [1.29, 1.82) is 0 Å². The van der Waals surface area contributed by atoms with Gasteiger partial charge in [-0.05, 0) is 43.9 Å². The Kier molecular flexibility index (Phi) is 5.43. The molecule has 22 heavy (non-hydrogen) atoms. The predicted molar refractivity (Wildman–Crippen MR) is 85.1 cm³/mol. The van der Waals surface area contributed by atoms with E-state index >= 15 is 0 Å². The van der Waals surface area contributed by atoms with Crippen LogP contribution in [0.15, 0.2) is 42.5 Å². The molecule has 5 nitrogen and oxygen atoms in total. The van der Waals surface area contributed by atoms with E-state index in [2.05, 4.69) is 15.6 Å². The average Bonchev–Trinajstić information content (AvgIpc) is 2.44. The first-order chi connectivity index (χ1) is 10.5. The summed E-state index contributed by atoms with van der Waals surface area (Å²) >= 11 is 0. The summed E-state index contributed by atoms with van der Waals surface area (Å²) in [5.41, 5.74) is 1.70. The van der Waals surface area contributed by atoms with Gasteiger partial charge in [0.25, 0.3) is 0 Å². The molecule has 0 radical (unpaired) electrons. The molecule has 0 aliphatic rings. The number of pyridine rings is 1. The van der Waals surface area contributed by atoms with Crippen LogP contribution in [0.5, 0.6) is 0 Å². The molecule has 0 aliphatic heterocycles. The molecule has 0 atom stereocenters. The molecule has 0 spiro atoms. The number of carbonyl (C=O) groups is 1. The van der Waals surface area contributed by atoms with Gasteiger partial charge in [-0.2, -0.15) is 4.39 Å². The fourth-order valence-electron chi connectivity index (χ4n) is 1.95. The second-order valence-corrected chi connectivity index (χ2v) is 5.19. The van der Waals surface area contributed by atoms with Crippen LogP contribution in [0.4, 0.5) is 15.9 Å². The molecule has 6 heteroatoms. The van der Waals surface area contributed by atoms with E-state index in [4.69, 9.17) is 0 Å². The summed E-state index contributed by atoms with van der Waals surface area (Å²) in [4.78, 5) is 17.3. The van der Waals surface area contributed by atoms with Gasteiger partial charge in [0, 0.05) is 12.2 Å². The number of anilines is 2. The Bertz CT molecular complexity index is 646. The normalized spacial score (nSPS) is 10.5. The van der Waals surface area contributed by atoms with E-state index in [-0.39, 0.29) is 5.91 Å². The Labute approximate surface area is 129 Å². The van der Waals surface area contributed by atoms with Crippen molar-refractivity contribution in [3.05, 3.63) is 54.0 Å². The fraction of sp³-hybridized carbons (Fsp3) is 0.250. The highest BCUT2D eigenvalue weighted by atomic mass is 19.1. The van der Waals surface area contributed by atoms with Gasteiger partial charge in [-0.3, -0.25) is 4.79 Å². The maximum Gasteiger partial charge on any atom is 0.238 e. The number of rotatable bonds is 6. The molecule has 0 aliphatic carbocycles. The maximum absolute atomic E-state index is 13.0. The first-order valence-electron chi connectivity index (χ1n) is 6.93. The Morgan fingerprint density at radius 1 is 1.23 bits per heavy atom. The zero-order valence-electron chi connectivity index (χ0n) is 12.6. The van der Waals surface area contributed by atoms with Crippen molar-refractivity contribution in [3.8, 4) is 0 Å². The summed E-state index contributed by atoms with van der Waals surface area (Å²) in [6.07, 6.45) is 0. The lowest BCUT2D eigenvalue weighted by atomic mass is 10.2. The molecule has 0 unspecified atom stereocenters. The van der Waals surface area contributed by atoms with Crippen LogP contribution in [-0.2, 0) is 11.3 Å². The minimum Gasteiger partial charge on any atom is -0.366 e. The lowest BCUT2D eigenvalue weighted by Crippen LogP contribution is -2.27. The average molecular weight is 302 g/mol. The number of nitrogens with zero attached hydrogens (tertiary/aromatic N) is 2. The smallest absolute Gasteiger partial charge is 0.238 e. The highest BCUT2D eigenvalue weighted by molar-refractivity contribution is 5.92. The van der Waals surface area contributed by atoms with Crippen LogP contribution in [0, 0.1) is 5.95 Å². The molecule has 0 saturated heterocycles. The Hall–Kier alpha value is -2.47. The third kappa shape index (κ3) is 5.14. The minimum atomic E-state index is -0.519. The number of amides is 1. The van der Waals surface area contributed by atoms with Gasteiger partial charge in [0.15, 0.2) is 0 Å². The van der Waals surface area contributed by atoms with E-state index in [9.17, 15) is 9.18 Å². The Morgan fingerprint density at radius 3 is 2.73 bits per heavy atom. The number of nitrogens with one attached hydrogen (secondary N) is 2. The monoisotopic (exact) mass is 302 g/mol. The van der Waals surface area contributed by atoms with Gasteiger partial charge >= 0.3 is 0 Å². The summed E-state index contributed by atoms with van der Waals surface area (Å²) in [5.74, 6) is -0.112. The Morgan fingerprint density at radius 2 is 2.00 bits per heavy atom. The SMILES string of the molecule is CN(C)CC(=O)Nc1cccc(CNc2cccc(F)n2)c1. The van der Waals surface area contributed by atoms with E-state index in [1.54, 1.807) is 17.0 Å². The zero-order valence-corrected chi connectivity index (χ0v) is 12.6. The van der Waals surface area contributed by atoms with Crippen LogP contribution in [0.1, 0.15) is 5.56 Å². The van der Waals surface area contributed by atoms with Crippen LogP contribution in [0.2, 0.25) is 0 Å². The summed E-state index contributed by atoms with van der Waals surface area (Å²) in [5, 5.41) is 5.88. The van der Waals surface area contributed by atoms with Gasteiger partial charge in [0.2, 0.25) is 11.9 Å². The van der Waals surface area contributed by atoms with Crippen molar-refractivity contribution in [3.63, 3.8) is 0 Å². The largest absolute Gasteiger partial charge is 0.366 e. The van der Waals surface area contributed by atoms with E-state index in [1.165, 1.54) is 6.07 Å². The van der Waals surface area contributed by atoms with Crippen LogP contribution in [0.25, 0.3) is 0 Å². The second-order valence-electron chi connectivity index (χ2n) is 5.19. The van der Waals surface area contributed by atoms with E-state index < -0.39 is 5.95 Å². The van der Waals surface area contributed by atoms with Gasteiger partial charge in [-0.1, -0.05) is 18.2 Å². The number of carbonyl (C=O) groups excluding carboxylic acids is 1. The van der Waals surface area contributed by atoms with Crippen molar-refractivity contribution in [2.75, 3.05) is 31.3 Å². The highest BCUT2D eigenvalue weighted by Crippen LogP contribution is 2.12. The standard InChI is InChI=1S/C16H19FN4O/c1-21(2)11-16(22)19-13-6-3-5-12(9-13)10-18-15-8-4-7-14(17)20-15/h3-9H,10-11H2,1-2H3,(H,18,20)(H,19,22). The van der Waals surface area contributed by atoms with Crippen molar-refractivity contribution in [2.45, 2.75) is 6.54 Å². The maximum atomic E-state index is 13.0. The van der Waals surface area contributed by atoms with Crippen molar-refractivity contribution >= 4 is 17.4 Å². The molecule has 2 rings (SSSR count). The van der Waals surface area contributed by atoms with Gasteiger partial charge in [-0.15, -0.1) is 0 Å². The highest BCUT2D eigenvalue weighted by Gasteiger charge is 2.04. The molecule has 0 fully saturated rings. The number of hydrogen-bond donors (Lipinski definition) is 2. The van der Waals surface area contributed by atoms with Crippen LogP contribution < -0.4 is 10.6 Å². The third-order valence-electron chi connectivity index (χ3n) is 2.86. The van der Waals surface area contributed by atoms with Gasteiger partial charge in [0.1, 0.15) is 5.82 Å². The summed E-state index contributed by atoms with van der Waals surface area (Å²) < 4.78 is 13.0. The topological polar surface area (TPSA) is 57.3 Å². The Balaban J connectivity index is 1.95. The predicted octanol–water partition coefficient (Wildman–Crippen LogP) is 2.33. The number of hydrogen-bond acceptors (Lipinski definition) is 4. The second kappa shape index (κ2) is 7.51. The molecule has 1 aromatic heterocycles. The number of benzene rings is 1. The fourth-order valence-corrected chi connectivity index (χ4v) is 1.95. The third-order valence-corrected chi connectivity index (χ3v) is 2.86. The molecule has 1 amide bonds. The molecule has 116 valence electrons. The van der Waals surface area contributed by atoms with Crippen molar-refractivity contribution < 1.29 is 9.18 Å². The number of halogens is 1. The number of aromatic nitrogens is 1. The first kappa shape index (κ1) is 15.9. The molecule has 1 heterocycles.